The second kappa shape index (κ2) is 9.91. The fourth-order valence-corrected chi connectivity index (χ4v) is 1.03. The van der Waals surface area contributed by atoms with Crippen LogP contribution in [0.3, 0.4) is 0 Å². The van der Waals surface area contributed by atoms with Crippen molar-refractivity contribution in [3.63, 3.8) is 0 Å². The Morgan fingerprint density at radius 3 is 2.33 bits per heavy atom. The molecule has 1 N–H and O–H groups in total. The van der Waals surface area contributed by atoms with Crippen LogP contribution in [0.15, 0.2) is 12.7 Å². The Morgan fingerprint density at radius 2 is 1.78 bits per heavy atom. The molecule has 0 aliphatic carbocycles. The third kappa shape index (κ3) is 13.0. The van der Waals surface area contributed by atoms with Gasteiger partial charge in [-0.25, -0.2) is 4.79 Å². The molecule has 0 aromatic carbocycles. The van der Waals surface area contributed by atoms with Crippen LogP contribution < -0.4 is 5.32 Å². The van der Waals surface area contributed by atoms with Crippen LogP contribution in [0.4, 0.5) is 4.79 Å². The third-order valence-electron chi connectivity index (χ3n) is 1.75. The maximum atomic E-state index is 11.2. The molecule has 0 spiro atoms. The summed E-state index contributed by atoms with van der Waals surface area (Å²) in [7, 11) is 0. The first kappa shape index (κ1) is 16.9. The average Bonchev–Trinajstić information content (AvgIpc) is 2.24. The van der Waals surface area contributed by atoms with Crippen molar-refractivity contribution in [3.8, 4) is 0 Å². The van der Waals surface area contributed by atoms with Gasteiger partial charge in [-0.1, -0.05) is 6.08 Å². The number of hydrogen-bond acceptors (Lipinski definition) is 4. The van der Waals surface area contributed by atoms with Crippen molar-refractivity contribution in [2.75, 3.05) is 33.0 Å². The van der Waals surface area contributed by atoms with Crippen LogP contribution in [0.5, 0.6) is 0 Å². The molecule has 0 aromatic heterocycles. The van der Waals surface area contributed by atoms with E-state index in [9.17, 15) is 4.79 Å². The minimum atomic E-state index is -0.468. The number of carbonyl (C=O) groups is 1. The van der Waals surface area contributed by atoms with Gasteiger partial charge in [0.05, 0.1) is 26.4 Å². The molecule has 0 saturated heterocycles. The number of rotatable bonds is 9. The Hall–Kier alpha value is -1.07. The Morgan fingerprint density at radius 1 is 1.17 bits per heavy atom. The predicted octanol–water partition coefficient (Wildman–Crippen LogP) is 2.12. The molecular formula is C13H25NO4. The van der Waals surface area contributed by atoms with Crippen LogP contribution in [0.25, 0.3) is 0 Å². The van der Waals surface area contributed by atoms with Gasteiger partial charge in [0.15, 0.2) is 0 Å². The molecule has 0 aromatic rings. The van der Waals surface area contributed by atoms with E-state index < -0.39 is 11.7 Å². The van der Waals surface area contributed by atoms with E-state index in [2.05, 4.69) is 11.9 Å². The first-order valence-electron chi connectivity index (χ1n) is 6.19. The molecule has 0 heterocycles. The summed E-state index contributed by atoms with van der Waals surface area (Å²) in [6.07, 6.45) is 2.24. The molecule has 0 saturated carbocycles. The van der Waals surface area contributed by atoms with E-state index in [-0.39, 0.29) is 0 Å². The number of carbonyl (C=O) groups excluding carboxylic acids is 1. The van der Waals surface area contributed by atoms with Crippen molar-refractivity contribution in [1.82, 2.24) is 5.32 Å². The average molecular weight is 259 g/mol. The van der Waals surface area contributed by atoms with E-state index in [0.717, 1.165) is 6.42 Å². The zero-order valence-electron chi connectivity index (χ0n) is 11.7. The van der Waals surface area contributed by atoms with Crippen LogP contribution in [-0.4, -0.2) is 44.7 Å². The van der Waals surface area contributed by atoms with E-state index in [4.69, 9.17) is 14.2 Å². The highest BCUT2D eigenvalue weighted by Crippen LogP contribution is 2.05. The lowest BCUT2D eigenvalue weighted by Crippen LogP contribution is -2.34. The number of amides is 1. The van der Waals surface area contributed by atoms with Gasteiger partial charge < -0.3 is 19.5 Å². The normalized spacial score (nSPS) is 11.1. The monoisotopic (exact) mass is 259 g/mol. The Bertz CT molecular complexity index is 236. The summed E-state index contributed by atoms with van der Waals surface area (Å²) in [5.41, 5.74) is -0.468. The molecule has 0 aliphatic heterocycles. The molecule has 0 radical (unpaired) electrons. The molecule has 0 atom stereocenters. The van der Waals surface area contributed by atoms with Gasteiger partial charge in [0.25, 0.3) is 0 Å². The van der Waals surface area contributed by atoms with E-state index in [1.165, 1.54) is 0 Å². The molecular weight excluding hydrogens is 234 g/mol. The summed E-state index contributed by atoms with van der Waals surface area (Å²) in [4.78, 5) is 11.2. The smallest absolute Gasteiger partial charge is 0.407 e. The lowest BCUT2D eigenvalue weighted by Gasteiger charge is -2.19. The van der Waals surface area contributed by atoms with Gasteiger partial charge in [-0.05, 0) is 27.2 Å². The number of nitrogens with one attached hydrogen (secondary N) is 1. The molecule has 0 unspecified atom stereocenters. The van der Waals surface area contributed by atoms with Gasteiger partial charge in [0.1, 0.15) is 5.60 Å². The molecule has 0 bridgehead atoms. The van der Waals surface area contributed by atoms with Crippen LogP contribution >= 0.6 is 0 Å². The van der Waals surface area contributed by atoms with Crippen molar-refractivity contribution in [3.05, 3.63) is 12.7 Å². The maximum absolute atomic E-state index is 11.2. The lowest BCUT2D eigenvalue weighted by atomic mass is 10.2. The number of hydrogen-bond donors (Lipinski definition) is 1. The Balaban J connectivity index is 3.25. The zero-order valence-corrected chi connectivity index (χ0v) is 11.7. The van der Waals surface area contributed by atoms with Gasteiger partial charge in [0, 0.05) is 6.54 Å². The summed E-state index contributed by atoms with van der Waals surface area (Å²) in [5, 5.41) is 2.61. The maximum Gasteiger partial charge on any atom is 0.407 e. The molecule has 106 valence electrons. The predicted molar refractivity (Wildman–Crippen MR) is 70.7 cm³/mol. The summed E-state index contributed by atoms with van der Waals surface area (Å²) in [6.45, 7) is 11.7. The van der Waals surface area contributed by atoms with E-state index in [1.54, 1.807) is 0 Å². The van der Waals surface area contributed by atoms with Crippen molar-refractivity contribution in [2.24, 2.45) is 0 Å². The second-order valence-electron chi connectivity index (χ2n) is 4.73. The van der Waals surface area contributed by atoms with Crippen molar-refractivity contribution in [2.45, 2.75) is 32.8 Å². The van der Waals surface area contributed by atoms with E-state index in [1.807, 2.05) is 26.8 Å². The van der Waals surface area contributed by atoms with Gasteiger partial charge in [-0.2, -0.15) is 0 Å². The topological polar surface area (TPSA) is 56.8 Å². The number of ether oxygens (including phenoxy) is 3. The molecule has 0 aliphatic rings. The molecule has 1 amide bonds. The summed E-state index contributed by atoms with van der Waals surface area (Å²) in [5.74, 6) is 0. The lowest BCUT2D eigenvalue weighted by molar-refractivity contribution is 0.0406. The molecule has 5 heteroatoms. The Kier molecular flexibility index (Phi) is 9.32. The first-order valence-corrected chi connectivity index (χ1v) is 6.19. The van der Waals surface area contributed by atoms with Crippen LogP contribution in [0.2, 0.25) is 0 Å². The zero-order chi connectivity index (χ0) is 13.9. The highest BCUT2D eigenvalue weighted by molar-refractivity contribution is 5.67. The summed E-state index contributed by atoms with van der Waals surface area (Å²) >= 11 is 0. The second-order valence-corrected chi connectivity index (χ2v) is 4.73. The van der Waals surface area contributed by atoms with Crippen LogP contribution in [0, 0.1) is 0 Å². The molecule has 18 heavy (non-hydrogen) atoms. The standard InChI is InChI=1S/C13H25NO4/c1-5-6-8-16-10-11-17-9-7-14-12(15)18-13(2,3)4/h5H,1,6-11H2,2-4H3,(H,14,15). The minimum absolute atomic E-state index is 0.423. The van der Waals surface area contributed by atoms with Gasteiger partial charge in [-0.15, -0.1) is 6.58 Å². The van der Waals surface area contributed by atoms with Crippen LogP contribution in [0.1, 0.15) is 27.2 Å². The first-order chi connectivity index (χ1) is 8.45. The van der Waals surface area contributed by atoms with Gasteiger partial charge >= 0.3 is 6.09 Å². The van der Waals surface area contributed by atoms with E-state index >= 15 is 0 Å². The third-order valence-corrected chi connectivity index (χ3v) is 1.75. The highest BCUT2D eigenvalue weighted by Gasteiger charge is 2.15. The highest BCUT2D eigenvalue weighted by atomic mass is 16.6. The molecule has 5 nitrogen and oxygen atoms in total. The SMILES string of the molecule is C=CCCOCCOCCNC(=O)OC(C)(C)C. The largest absolute Gasteiger partial charge is 0.444 e. The summed E-state index contributed by atoms with van der Waals surface area (Å²) < 4.78 is 15.6. The van der Waals surface area contributed by atoms with Crippen LogP contribution in [-0.2, 0) is 14.2 Å². The number of alkyl carbamates (subject to hydrolysis) is 1. The molecule has 0 rings (SSSR count). The Labute approximate surface area is 109 Å². The van der Waals surface area contributed by atoms with Crippen molar-refractivity contribution >= 4 is 6.09 Å². The fraction of sp³-hybridized carbons (Fsp3) is 0.769. The van der Waals surface area contributed by atoms with Crippen molar-refractivity contribution in [1.29, 1.82) is 0 Å². The van der Waals surface area contributed by atoms with Gasteiger partial charge in [-0.3, -0.25) is 0 Å². The molecule has 0 fully saturated rings. The minimum Gasteiger partial charge on any atom is -0.444 e. The quantitative estimate of drug-likeness (QED) is 0.509. The van der Waals surface area contributed by atoms with E-state index in [0.29, 0.717) is 33.0 Å². The summed E-state index contributed by atoms with van der Waals surface area (Å²) in [6, 6.07) is 0. The fourth-order valence-electron chi connectivity index (χ4n) is 1.03. The van der Waals surface area contributed by atoms with Gasteiger partial charge in [0.2, 0.25) is 0 Å². The van der Waals surface area contributed by atoms with Crippen molar-refractivity contribution < 1.29 is 19.0 Å².